The van der Waals surface area contributed by atoms with E-state index in [2.05, 4.69) is 15.4 Å². The van der Waals surface area contributed by atoms with Gasteiger partial charge in [0.15, 0.2) is 0 Å². The quantitative estimate of drug-likeness (QED) is 0.557. The van der Waals surface area contributed by atoms with Crippen molar-refractivity contribution in [3.8, 4) is 0 Å². The van der Waals surface area contributed by atoms with Gasteiger partial charge in [-0.25, -0.2) is 13.1 Å². The third-order valence-corrected chi connectivity index (χ3v) is 7.12. The highest BCUT2D eigenvalue weighted by atomic mass is 32.2. The summed E-state index contributed by atoms with van der Waals surface area (Å²) in [6.07, 6.45) is 5.32. The van der Waals surface area contributed by atoms with Gasteiger partial charge in [0.2, 0.25) is 15.9 Å². The van der Waals surface area contributed by atoms with Crippen LogP contribution in [0, 0.1) is 19.8 Å². The molecule has 1 fully saturated rings. The Kier molecular flexibility index (Phi) is 7.50. The van der Waals surface area contributed by atoms with Crippen LogP contribution in [0.5, 0.6) is 0 Å². The minimum Gasteiger partial charge on any atom is -0.385 e. The lowest BCUT2D eigenvalue weighted by atomic mass is 10.1. The van der Waals surface area contributed by atoms with E-state index in [1.807, 2.05) is 37.3 Å². The van der Waals surface area contributed by atoms with Crippen molar-refractivity contribution >= 4 is 27.3 Å². The lowest BCUT2D eigenvalue weighted by molar-refractivity contribution is -0.116. The van der Waals surface area contributed by atoms with Crippen LogP contribution in [0.4, 0.5) is 11.4 Å². The molecule has 0 aromatic heterocycles. The summed E-state index contributed by atoms with van der Waals surface area (Å²) < 4.78 is 27.5. The summed E-state index contributed by atoms with van der Waals surface area (Å²) in [5.41, 5.74) is 3.30. The van der Waals surface area contributed by atoms with Crippen molar-refractivity contribution in [1.82, 2.24) is 4.72 Å². The van der Waals surface area contributed by atoms with E-state index in [1.54, 1.807) is 19.1 Å². The Morgan fingerprint density at radius 3 is 2.37 bits per heavy atom. The molecule has 0 spiro atoms. The average molecular weight is 430 g/mol. The Morgan fingerprint density at radius 1 is 1.00 bits per heavy atom. The van der Waals surface area contributed by atoms with E-state index in [9.17, 15) is 13.2 Å². The van der Waals surface area contributed by atoms with E-state index >= 15 is 0 Å². The molecule has 2 aromatic rings. The summed E-state index contributed by atoms with van der Waals surface area (Å²) in [5, 5.41) is 6.26. The molecule has 3 N–H and O–H groups in total. The van der Waals surface area contributed by atoms with Gasteiger partial charge in [0.25, 0.3) is 0 Å². The molecule has 0 radical (unpaired) electrons. The lowest BCUT2D eigenvalue weighted by Gasteiger charge is -2.13. The van der Waals surface area contributed by atoms with Crippen molar-refractivity contribution in [3.63, 3.8) is 0 Å². The Bertz CT molecular complexity index is 966. The van der Waals surface area contributed by atoms with E-state index in [4.69, 9.17) is 0 Å². The second-order valence-electron chi connectivity index (χ2n) is 8.07. The van der Waals surface area contributed by atoms with Crippen molar-refractivity contribution in [2.75, 3.05) is 23.7 Å². The topological polar surface area (TPSA) is 87.3 Å². The number of hydrogen-bond acceptors (Lipinski definition) is 4. The molecule has 0 saturated heterocycles. The fraction of sp³-hybridized carbons (Fsp3) is 0.435. The predicted molar refractivity (Wildman–Crippen MR) is 121 cm³/mol. The van der Waals surface area contributed by atoms with Gasteiger partial charge in [-0.3, -0.25) is 4.79 Å². The highest BCUT2D eigenvalue weighted by Crippen LogP contribution is 2.25. The van der Waals surface area contributed by atoms with Gasteiger partial charge in [0, 0.05) is 30.9 Å². The fourth-order valence-corrected chi connectivity index (χ4v) is 5.10. The minimum atomic E-state index is -3.64. The number of amides is 1. The average Bonchev–Trinajstić information content (AvgIpc) is 3.23. The first-order chi connectivity index (χ1) is 14.3. The first kappa shape index (κ1) is 22.3. The van der Waals surface area contributed by atoms with Crippen molar-refractivity contribution in [2.24, 2.45) is 5.92 Å². The summed E-state index contributed by atoms with van der Waals surface area (Å²) in [6.45, 7) is 4.64. The molecule has 3 rings (SSSR count). The summed E-state index contributed by atoms with van der Waals surface area (Å²) >= 11 is 0. The van der Waals surface area contributed by atoms with Crippen molar-refractivity contribution in [3.05, 3.63) is 53.6 Å². The third-order valence-electron chi connectivity index (χ3n) is 5.52. The number of anilines is 2. The first-order valence-corrected chi connectivity index (χ1v) is 12.0. The number of carbonyl (C=O) groups excluding carboxylic acids is 1. The molecule has 0 heterocycles. The number of nitrogens with one attached hydrogen (secondary N) is 3. The van der Waals surface area contributed by atoms with Crippen LogP contribution >= 0.6 is 0 Å². The van der Waals surface area contributed by atoms with Gasteiger partial charge in [-0.1, -0.05) is 25.0 Å². The molecule has 162 valence electrons. The second-order valence-corrected chi connectivity index (χ2v) is 9.81. The van der Waals surface area contributed by atoms with E-state index < -0.39 is 10.0 Å². The molecule has 7 heteroatoms. The number of benzene rings is 2. The van der Waals surface area contributed by atoms with Crippen LogP contribution in [0.1, 0.15) is 43.2 Å². The zero-order chi connectivity index (χ0) is 21.6. The van der Waals surface area contributed by atoms with Crippen molar-refractivity contribution in [2.45, 2.75) is 50.8 Å². The maximum Gasteiger partial charge on any atom is 0.240 e. The number of aryl methyl sites for hydroxylation is 2. The van der Waals surface area contributed by atoms with Crippen molar-refractivity contribution < 1.29 is 13.2 Å². The zero-order valence-corrected chi connectivity index (χ0v) is 18.5. The Morgan fingerprint density at radius 2 is 1.67 bits per heavy atom. The Balaban J connectivity index is 1.44. The highest BCUT2D eigenvalue weighted by molar-refractivity contribution is 7.89. The van der Waals surface area contributed by atoms with E-state index in [-0.39, 0.29) is 23.8 Å². The van der Waals surface area contributed by atoms with Gasteiger partial charge in [-0.2, -0.15) is 0 Å². The van der Waals surface area contributed by atoms with Gasteiger partial charge < -0.3 is 10.6 Å². The minimum absolute atomic E-state index is 0.0442. The molecule has 1 aliphatic rings. The monoisotopic (exact) mass is 429 g/mol. The SMILES string of the molecule is Cc1ccc(C)c(S(=O)(=O)NCCC(=O)Nc2ccc(NCC3CCCC3)cc2)c1. The number of carbonyl (C=O) groups is 1. The molecule has 6 nitrogen and oxygen atoms in total. The molecular weight excluding hydrogens is 398 g/mol. The van der Waals surface area contributed by atoms with Crippen LogP contribution in [0.25, 0.3) is 0 Å². The molecule has 0 unspecified atom stereocenters. The molecule has 0 bridgehead atoms. The maximum atomic E-state index is 12.5. The van der Waals surface area contributed by atoms with E-state index in [0.717, 1.165) is 23.7 Å². The fourth-order valence-electron chi connectivity index (χ4n) is 3.75. The van der Waals surface area contributed by atoms with E-state index in [0.29, 0.717) is 11.3 Å². The lowest BCUT2D eigenvalue weighted by Crippen LogP contribution is -2.28. The van der Waals surface area contributed by atoms with Gasteiger partial charge >= 0.3 is 0 Å². The standard InChI is InChI=1S/C23H31N3O3S/c1-17-7-8-18(2)22(15-17)30(28,29)25-14-13-23(27)26-21-11-9-20(10-12-21)24-16-19-5-3-4-6-19/h7-12,15,19,24-25H,3-6,13-14,16H2,1-2H3,(H,26,27). The number of rotatable bonds is 9. The highest BCUT2D eigenvalue weighted by Gasteiger charge is 2.17. The van der Waals surface area contributed by atoms with Crippen LogP contribution < -0.4 is 15.4 Å². The van der Waals surface area contributed by atoms with Crippen molar-refractivity contribution in [1.29, 1.82) is 0 Å². The largest absolute Gasteiger partial charge is 0.385 e. The summed E-state index contributed by atoms with van der Waals surface area (Å²) in [4.78, 5) is 12.4. The third kappa shape index (κ3) is 6.31. The van der Waals surface area contributed by atoms with Crippen LogP contribution in [0.15, 0.2) is 47.4 Å². The normalized spacial score (nSPS) is 14.6. The van der Waals surface area contributed by atoms with Gasteiger partial charge in [0.1, 0.15) is 0 Å². The van der Waals surface area contributed by atoms with Gasteiger partial charge in [-0.05, 0) is 74.1 Å². The Labute approximate surface area is 179 Å². The first-order valence-electron chi connectivity index (χ1n) is 10.5. The molecule has 1 aliphatic carbocycles. The number of hydrogen-bond donors (Lipinski definition) is 3. The molecule has 1 amide bonds. The summed E-state index contributed by atoms with van der Waals surface area (Å²) in [5.74, 6) is 0.530. The predicted octanol–water partition coefficient (Wildman–Crippen LogP) is 4.21. The van der Waals surface area contributed by atoms with E-state index in [1.165, 1.54) is 25.7 Å². The Hall–Kier alpha value is -2.38. The van der Waals surface area contributed by atoms with Crippen LogP contribution in [-0.2, 0) is 14.8 Å². The molecular formula is C23H31N3O3S. The van der Waals surface area contributed by atoms with Gasteiger partial charge in [-0.15, -0.1) is 0 Å². The van der Waals surface area contributed by atoms with Crippen LogP contribution in [0.3, 0.4) is 0 Å². The summed E-state index contributed by atoms with van der Waals surface area (Å²) in [6, 6.07) is 12.9. The second kappa shape index (κ2) is 10.1. The van der Waals surface area contributed by atoms with Crippen LogP contribution in [0.2, 0.25) is 0 Å². The molecule has 30 heavy (non-hydrogen) atoms. The molecule has 0 atom stereocenters. The van der Waals surface area contributed by atoms with Crippen LogP contribution in [-0.4, -0.2) is 27.4 Å². The molecule has 2 aromatic carbocycles. The summed E-state index contributed by atoms with van der Waals surface area (Å²) in [7, 11) is -3.64. The van der Waals surface area contributed by atoms with Gasteiger partial charge in [0.05, 0.1) is 4.90 Å². The number of sulfonamides is 1. The smallest absolute Gasteiger partial charge is 0.240 e. The molecule has 1 saturated carbocycles. The zero-order valence-electron chi connectivity index (χ0n) is 17.7. The molecule has 0 aliphatic heterocycles. The maximum absolute atomic E-state index is 12.5.